The van der Waals surface area contributed by atoms with Gasteiger partial charge in [-0.2, -0.15) is 0 Å². The highest BCUT2D eigenvalue weighted by molar-refractivity contribution is 8.00. The molecule has 3 heteroatoms. The summed E-state index contributed by atoms with van der Waals surface area (Å²) in [6.45, 7) is 8.49. The van der Waals surface area contributed by atoms with Crippen molar-refractivity contribution in [3.63, 3.8) is 0 Å². The maximum absolute atomic E-state index is 12.0. The molecule has 0 unspecified atom stereocenters. The van der Waals surface area contributed by atoms with Crippen molar-refractivity contribution in [3.05, 3.63) is 58.7 Å². The molecule has 0 radical (unpaired) electrons. The molecule has 2 rings (SSSR count). The predicted molar refractivity (Wildman–Crippen MR) is 91.2 cm³/mol. The van der Waals surface area contributed by atoms with E-state index in [-0.39, 0.29) is 5.91 Å². The Labute approximate surface area is 131 Å². The molecule has 1 N–H and O–H groups in total. The van der Waals surface area contributed by atoms with Gasteiger partial charge in [0.05, 0.1) is 5.75 Å². The number of hydrogen-bond acceptors (Lipinski definition) is 2. The van der Waals surface area contributed by atoms with Crippen molar-refractivity contribution in [2.75, 3.05) is 11.1 Å². The quantitative estimate of drug-likeness (QED) is 0.833. The van der Waals surface area contributed by atoms with Crippen LogP contribution in [0.1, 0.15) is 22.3 Å². The normalized spacial score (nSPS) is 10.5. The Hall–Kier alpha value is -1.74. The summed E-state index contributed by atoms with van der Waals surface area (Å²) in [4.78, 5) is 13.3. The average molecular weight is 299 g/mol. The first-order chi connectivity index (χ1) is 9.99. The van der Waals surface area contributed by atoms with Gasteiger partial charge in [0, 0.05) is 10.6 Å². The lowest BCUT2D eigenvalue weighted by molar-refractivity contribution is -0.113. The first kappa shape index (κ1) is 15.6. The average Bonchev–Trinajstić information content (AvgIpc) is 2.46. The number of carbonyl (C=O) groups is 1. The fourth-order valence-electron chi connectivity index (χ4n) is 2.25. The molecule has 0 saturated carbocycles. The molecule has 0 saturated heterocycles. The molecule has 0 fully saturated rings. The van der Waals surface area contributed by atoms with E-state index >= 15 is 0 Å². The summed E-state index contributed by atoms with van der Waals surface area (Å²) in [7, 11) is 0. The Bertz CT molecular complexity index is 624. The number of rotatable bonds is 4. The van der Waals surface area contributed by atoms with Gasteiger partial charge in [0.2, 0.25) is 5.91 Å². The van der Waals surface area contributed by atoms with Crippen LogP contribution in [0.25, 0.3) is 0 Å². The first-order valence-corrected chi connectivity index (χ1v) is 8.02. The molecule has 21 heavy (non-hydrogen) atoms. The Morgan fingerprint density at radius 1 is 1.00 bits per heavy atom. The zero-order valence-corrected chi connectivity index (χ0v) is 13.8. The Morgan fingerprint density at radius 2 is 1.57 bits per heavy atom. The minimum Gasteiger partial charge on any atom is -0.325 e. The van der Waals surface area contributed by atoms with Gasteiger partial charge in [0.25, 0.3) is 0 Å². The number of hydrogen-bond donors (Lipinski definition) is 1. The summed E-state index contributed by atoms with van der Waals surface area (Å²) in [5.74, 6) is 0.462. The summed E-state index contributed by atoms with van der Waals surface area (Å²) in [6, 6.07) is 11.8. The molecule has 0 heterocycles. The standard InChI is InChI=1S/C18H21NOS/c1-12-10-13(2)15(4)18(14(12)3)21-11-17(20)19-16-8-6-5-7-9-16/h5-10H,11H2,1-4H3,(H,19,20). The van der Waals surface area contributed by atoms with Gasteiger partial charge < -0.3 is 5.32 Å². The molecule has 0 atom stereocenters. The van der Waals surface area contributed by atoms with Crippen LogP contribution in [-0.2, 0) is 4.79 Å². The number of nitrogens with one attached hydrogen (secondary N) is 1. The monoisotopic (exact) mass is 299 g/mol. The molecule has 2 nitrogen and oxygen atoms in total. The van der Waals surface area contributed by atoms with Gasteiger partial charge in [-0.3, -0.25) is 4.79 Å². The van der Waals surface area contributed by atoms with Crippen LogP contribution in [0.3, 0.4) is 0 Å². The topological polar surface area (TPSA) is 29.1 Å². The van der Waals surface area contributed by atoms with E-state index in [4.69, 9.17) is 0 Å². The van der Waals surface area contributed by atoms with Crippen molar-refractivity contribution < 1.29 is 4.79 Å². The molecule has 0 aromatic heterocycles. The van der Waals surface area contributed by atoms with E-state index < -0.39 is 0 Å². The summed E-state index contributed by atoms with van der Waals surface area (Å²) >= 11 is 1.62. The third kappa shape index (κ3) is 3.88. The smallest absolute Gasteiger partial charge is 0.234 e. The van der Waals surface area contributed by atoms with Crippen molar-refractivity contribution in [2.45, 2.75) is 32.6 Å². The van der Waals surface area contributed by atoms with Gasteiger partial charge in [-0.25, -0.2) is 0 Å². The van der Waals surface area contributed by atoms with Gasteiger partial charge in [-0.1, -0.05) is 24.3 Å². The summed E-state index contributed by atoms with van der Waals surface area (Å²) < 4.78 is 0. The zero-order valence-electron chi connectivity index (χ0n) is 13.0. The van der Waals surface area contributed by atoms with E-state index in [0.717, 1.165) is 5.69 Å². The third-order valence-electron chi connectivity index (χ3n) is 3.70. The maximum atomic E-state index is 12.0. The summed E-state index contributed by atoms with van der Waals surface area (Å²) in [5.41, 5.74) is 5.95. The number of benzene rings is 2. The molecular weight excluding hydrogens is 278 g/mol. The summed E-state index contributed by atoms with van der Waals surface area (Å²) in [6.07, 6.45) is 0. The first-order valence-electron chi connectivity index (χ1n) is 7.04. The van der Waals surface area contributed by atoms with Crippen LogP contribution in [0.5, 0.6) is 0 Å². The van der Waals surface area contributed by atoms with E-state index in [1.54, 1.807) is 11.8 Å². The number of thioether (sulfide) groups is 1. The SMILES string of the molecule is Cc1cc(C)c(C)c(SCC(=O)Nc2ccccc2)c1C. The van der Waals surface area contributed by atoms with E-state index in [0.29, 0.717) is 5.75 Å². The molecule has 110 valence electrons. The third-order valence-corrected chi connectivity index (χ3v) is 5.01. The lowest BCUT2D eigenvalue weighted by atomic mass is 10.0. The number of anilines is 1. The number of para-hydroxylation sites is 1. The largest absolute Gasteiger partial charge is 0.325 e. The van der Waals surface area contributed by atoms with Gasteiger partial charge in [0.1, 0.15) is 0 Å². The zero-order chi connectivity index (χ0) is 15.4. The lowest BCUT2D eigenvalue weighted by Gasteiger charge is -2.14. The van der Waals surface area contributed by atoms with Crippen molar-refractivity contribution in [1.82, 2.24) is 0 Å². The van der Waals surface area contributed by atoms with E-state index in [9.17, 15) is 4.79 Å². The predicted octanol–water partition coefficient (Wildman–Crippen LogP) is 4.65. The molecule has 0 aliphatic carbocycles. The Balaban J connectivity index is 2.05. The number of amides is 1. The van der Waals surface area contributed by atoms with E-state index in [1.165, 1.54) is 27.1 Å². The minimum absolute atomic E-state index is 0.0316. The molecule has 0 aliphatic heterocycles. The van der Waals surface area contributed by atoms with Crippen LogP contribution in [0.2, 0.25) is 0 Å². The Kier molecular flexibility index (Phi) is 5.07. The highest BCUT2D eigenvalue weighted by Gasteiger charge is 2.11. The second-order valence-electron chi connectivity index (χ2n) is 5.29. The molecule has 0 aliphatic rings. The van der Waals surface area contributed by atoms with Crippen molar-refractivity contribution in [1.29, 1.82) is 0 Å². The maximum Gasteiger partial charge on any atom is 0.234 e. The lowest BCUT2D eigenvalue weighted by Crippen LogP contribution is -2.14. The summed E-state index contributed by atoms with van der Waals surface area (Å²) in [5, 5.41) is 2.92. The van der Waals surface area contributed by atoms with Crippen LogP contribution in [0.15, 0.2) is 41.3 Å². The van der Waals surface area contributed by atoms with Crippen molar-refractivity contribution in [2.24, 2.45) is 0 Å². The number of carbonyl (C=O) groups excluding carboxylic acids is 1. The van der Waals surface area contributed by atoms with E-state index in [2.05, 4.69) is 39.1 Å². The fourth-order valence-corrected chi connectivity index (χ4v) is 3.36. The van der Waals surface area contributed by atoms with Crippen LogP contribution in [0, 0.1) is 27.7 Å². The Morgan fingerprint density at radius 3 is 2.14 bits per heavy atom. The van der Waals surface area contributed by atoms with Crippen molar-refractivity contribution in [3.8, 4) is 0 Å². The van der Waals surface area contributed by atoms with Gasteiger partial charge in [-0.15, -0.1) is 11.8 Å². The molecule has 0 bridgehead atoms. The fraction of sp³-hybridized carbons (Fsp3) is 0.278. The molecule has 2 aromatic rings. The minimum atomic E-state index is 0.0316. The van der Waals surface area contributed by atoms with Crippen LogP contribution in [-0.4, -0.2) is 11.7 Å². The van der Waals surface area contributed by atoms with Crippen LogP contribution < -0.4 is 5.32 Å². The van der Waals surface area contributed by atoms with Gasteiger partial charge >= 0.3 is 0 Å². The van der Waals surface area contributed by atoms with E-state index in [1.807, 2.05) is 30.3 Å². The second-order valence-corrected chi connectivity index (χ2v) is 6.28. The molecule has 0 spiro atoms. The van der Waals surface area contributed by atoms with Gasteiger partial charge in [-0.05, 0) is 62.1 Å². The molecule has 2 aromatic carbocycles. The second kappa shape index (κ2) is 6.81. The van der Waals surface area contributed by atoms with Crippen LogP contribution in [0.4, 0.5) is 5.69 Å². The van der Waals surface area contributed by atoms with Gasteiger partial charge in [0.15, 0.2) is 0 Å². The molecule has 1 amide bonds. The highest BCUT2D eigenvalue weighted by Crippen LogP contribution is 2.30. The highest BCUT2D eigenvalue weighted by atomic mass is 32.2. The van der Waals surface area contributed by atoms with Crippen molar-refractivity contribution >= 4 is 23.4 Å². The van der Waals surface area contributed by atoms with Crippen LogP contribution >= 0.6 is 11.8 Å². The molecular formula is C18H21NOS. The number of aryl methyl sites for hydroxylation is 2.